The van der Waals surface area contributed by atoms with Crippen molar-refractivity contribution in [1.82, 2.24) is 0 Å². The third-order valence-electron chi connectivity index (χ3n) is 10.8. The minimum absolute atomic E-state index is 0.0999. The topological polar surface area (TPSA) is 78.9 Å². The van der Waals surface area contributed by atoms with E-state index in [1.165, 1.54) is 51.4 Å². The lowest BCUT2D eigenvalue weighted by atomic mass is 10.1. The highest BCUT2D eigenvalue weighted by atomic mass is 16.6. The maximum Gasteiger partial charge on any atom is 0.306 e. The second kappa shape index (κ2) is 52.7. The molecule has 0 aromatic rings. The molecule has 0 aliphatic heterocycles. The van der Waals surface area contributed by atoms with Crippen molar-refractivity contribution >= 4 is 17.9 Å². The Labute approximate surface area is 400 Å². The van der Waals surface area contributed by atoms with Gasteiger partial charge < -0.3 is 14.2 Å². The Morgan fingerprint density at radius 1 is 0.308 bits per heavy atom. The summed E-state index contributed by atoms with van der Waals surface area (Å²) in [7, 11) is 0. The third-order valence-corrected chi connectivity index (χ3v) is 10.8. The molecule has 0 saturated heterocycles. The number of rotatable bonds is 46. The minimum atomic E-state index is -0.801. The Morgan fingerprint density at radius 2 is 0.554 bits per heavy atom. The standard InChI is InChI=1S/C59H96O6/c1-4-7-10-13-16-19-21-23-25-27-29-31-33-35-37-40-43-46-49-52-58(61)64-55-56(54-63-57(60)51-48-45-42-39-18-15-12-9-6-3)65-59(62)53-50-47-44-41-38-36-34-32-30-28-26-24-22-20-17-14-11-8-5-2/h7-12,16-20,23-26,29,31,39,56H,4-6,13-15,21-22,27-28,30,32-38,40-55H2,1-3H3/b10-7-,11-8-,12-9-,19-16-,20-17-,25-23-,26-24-,31-29-,39-18-. The average Bonchev–Trinajstić information content (AvgIpc) is 3.30. The van der Waals surface area contributed by atoms with E-state index in [0.29, 0.717) is 19.3 Å². The summed E-state index contributed by atoms with van der Waals surface area (Å²) in [5.74, 6) is -0.961. The van der Waals surface area contributed by atoms with Crippen LogP contribution in [-0.2, 0) is 28.6 Å². The predicted octanol–water partition coefficient (Wildman–Crippen LogP) is 17.5. The number of allylic oxidation sites excluding steroid dienone is 18. The van der Waals surface area contributed by atoms with E-state index in [-0.39, 0.29) is 31.1 Å². The van der Waals surface area contributed by atoms with Gasteiger partial charge in [0.2, 0.25) is 0 Å². The fourth-order valence-electron chi connectivity index (χ4n) is 6.90. The molecule has 6 heteroatoms. The van der Waals surface area contributed by atoms with E-state index in [2.05, 4.69) is 130 Å². The SMILES string of the molecule is CC/C=C\C/C=C\C/C=C\C/C=C\CCCCCCCCC(=O)OCC(COC(=O)CCCC/C=C\C/C=C\CC)OC(=O)CCCCCCCCCCC/C=C\C/C=C\C/C=C\CC. The van der Waals surface area contributed by atoms with E-state index in [1.807, 2.05) is 0 Å². The summed E-state index contributed by atoms with van der Waals surface area (Å²) in [6, 6.07) is 0. The molecule has 0 N–H and O–H groups in total. The fraction of sp³-hybridized carbons (Fsp3) is 0.644. The van der Waals surface area contributed by atoms with Crippen LogP contribution in [0.15, 0.2) is 109 Å². The van der Waals surface area contributed by atoms with Crippen molar-refractivity contribution in [2.45, 2.75) is 232 Å². The predicted molar refractivity (Wildman–Crippen MR) is 279 cm³/mol. The lowest BCUT2D eigenvalue weighted by Gasteiger charge is -2.18. The van der Waals surface area contributed by atoms with Crippen LogP contribution in [-0.4, -0.2) is 37.2 Å². The second-order valence-corrected chi connectivity index (χ2v) is 17.0. The first-order valence-corrected chi connectivity index (χ1v) is 26.4. The first-order chi connectivity index (χ1) is 32.0. The van der Waals surface area contributed by atoms with Gasteiger partial charge in [-0.1, -0.05) is 201 Å². The summed E-state index contributed by atoms with van der Waals surface area (Å²) >= 11 is 0. The Bertz CT molecular complexity index is 1360. The maximum absolute atomic E-state index is 12.8. The van der Waals surface area contributed by atoms with Gasteiger partial charge in [0.25, 0.3) is 0 Å². The Balaban J connectivity index is 4.37. The molecule has 0 bridgehead atoms. The van der Waals surface area contributed by atoms with Crippen LogP contribution in [0.25, 0.3) is 0 Å². The molecule has 0 heterocycles. The molecular weight excluding hydrogens is 805 g/mol. The quantitative estimate of drug-likeness (QED) is 0.0262. The highest BCUT2D eigenvalue weighted by molar-refractivity contribution is 5.71. The molecule has 0 aromatic carbocycles. The van der Waals surface area contributed by atoms with Gasteiger partial charge in [-0.05, 0) is 116 Å². The molecule has 0 aliphatic rings. The van der Waals surface area contributed by atoms with Crippen molar-refractivity contribution in [2.24, 2.45) is 0 Å². The number of hydrogen-bond donors (Lipinski definition) is 0. The van der Waals surface area contributed by atoms with Crippen LogP contribution in [0.4, 0.5) is 0 Å². The van der Waals surface area contributed by atoms with Gasteiger partial charge in [-0.15, -0.1) is 0 Å². The van der Waals surface area contributed by atoms with Gasteiger partial charge in [-0.2, -0.15) is 0 Å². The highest BCUT2D eigenvalue weighted by Crippen LogP contribution is 2.14. The van der Waals surface area contributed by atoms with Gasteiger partial charge in [0.05, 0.1) is 0 Å². The van der Waals surface area contributed by atoms with Crippen LogP contribution in [0.2, 0.25) is 0 Å². The minimum Gasteiger partial charge on any atom is -0.462 e. The first-order valence-electron chi connectivity index (χ1n) is 26.4. The molecule has 0 aromatic heterocycles. The largest absolute Gasteiger partial charge is 0.462 e. The highest BCUT2D eigenvalue weighted by Gasteiger charge is 2.19. The van der Waals surface area contributed by atoms with E-state index < -0.39 is 6.10 Å². The number of ether oxygens (including phenoxy) is 3. The summed E-state index contributed by atoms with van der Waals surface area (Å²) < 4.78 is 16.7. The number of unbranched alkanes of at least 4 members (excludes halogenated alkanes) is 17. The maximum atomic E-state index is 12.8. The second-order valence-electron chi connectivity index (χ2n) is 17.0. The smallest absolute Gasteiger partial charge is 0.306 e. The van der Waals surface area contributed by atoms with Gasteiger partial charge in [0, 0.05) is 19.3 Å². The monoisotopic (exact) mass is 901 g/mol. The average molecular weight is 901 g/mol. The lowest BCUT2D eigenvalue weighted by Crippen LogP contribution is -2.30. The number of carbonyl (C=O) groups excluding carboxylic acids is 3. The van der Waals surface area contributed by atoms with E-state index in [1.54, 1.807) is 0 Å². The van der Waals surface area contributed by atoms with Crippen molar-refractivity contribution in [3.05, 3.63) is 109 Å². The van der Waals surface area contributed by atoms with Gasteiger partial charge in [0.15, 0.2) is 6.10 Å². The van der Waals surface area contributed by atoms with Crippen molar-refractivity contribution < 1.29 is 28.6 Å². The van der Waals surface area contributed by atoms with Gasteiger partial charge in [0.1, 0.15) is 13.2 Å². The molecular formula is C59H96O6. The summed E-state index contributed by atoms with van der Waals surface area (Å²) in [6.07, 6.45) is 70.9. The summed E-state index contributed by atoms with van der Waals surface area (Å²) in [5.41, 5.74) is 0. The molecule has 0 spiro atoms. The molecule has 0 radical (unpaired) electrons. The number of carbonyl (C=O) groups is 3. The Hall–Kier alpha value is -3.93. The Morgan fingerprint density at radius 3 is 0.892 bits per heavy atom. The normalized spacial score (nSPS) is 13.0. The van der Waals surface area contributed by atoms with E-state index in [4.69, 9.17) is 14.2 Å². The van der Waals surface area contributed by atoms with Gasteiger partial charge >= 0.3 is 17.9 Å². The number of hydrogen-bond acceptors (Lipinski definition) is 6. The van der Waals surface area contributed by atoms with E-state index in [0.717, 1.165) is 135 Å². The summed E-state index contributed by atoms with van der Waals surface area (Å²) in [5, 5.41) is 0. The van der Waals surface area contributed by atoms with Crippen molar-refractivity contribution in [2.75, 3.05) is 13.2 Å². The van der Waals surface area contributed by atoms with Gasteiger partial charge in [-0.25, -0.2) is 0 Å². The van der Waals surface area contributed by atoms with E-state index >= 15 is 0 Å². The molecule has 368 valence electrons. The summed E-state index contributed by atoms with van der Waals surface area (Å²) in [4.78, 5) is 37.9. The lowest BCUT2D eigenvalue weighted by molar-refractivity contribution is -0.167. The van der Waals surface area contributed by atoms with Crippen molar-refractivity contribution in [1.29, 1.82) is 0 Å². The molecule has 0 saturated carbocycles. The molecule has 0 amide bonds. The van der Waals surface area contributed by atoms with Crippen LogP contribution >= 0.6 is 0 Å². The zero-order valence-electron chi connectivity index (χ0n) is 42.0. The van der Waals surface area contributed by atoms with Crippen LogP contribution in [0.1, 0.15) is 226 Å². The van der Waals surface area contributed by atoms with Crippen LogP contribution in [0, 0.1) is 0 Å². The summed E-state index contributed by atoms with van der Waals surface area (Å²) in [6.45, 7) is 6.24. The molecule has 0 fully saturated rings. The molecule has 65 heavy (non-hydrogen) atoms. The number of esters is 3. The first kappa shape index (κ1) is 61.1. The fourth-order valence-corrected chi connectivity index (χ4v) is 6.90. The molecule has 6 nitrogen and oxygen atoms in total. The molecule has 1 unspecified atom stereocenters. The van der Waals surface area contributed by atoms with Crippen LogP contribution in [0.3, 0.4) is 0 Å². The molecule has 0 rings (SSSR count). The zero-order chi connectivity index (χ0) is 47.2. The van der Waals surface area contributed by atoms with Crippen LogP contribution < -0.4 is 0 Å². The third kappa shape index (κ3) is 50.9. The van der Waals surface area contributed by atoms with E-state index in [9.17, 15) is 14.4 Å². The zero-order valence-corrected chi connectivity index (χ0v) is 42.0. The van der Waals surface area contributed by atoms with Crippen LogP contribution in [0.5, 0.6) is 0 Å². The van der Waals surface area contributed by atoms with Crippen molar-refractivity contribution in [3.8, 4) is 0 Å². The molecule has 1 atom stereocenters. The Kier molecular flexibility index (Phi) is 49.5. The van der Waals surface area contributed by atoms with Crippen molar-refractivity contribution in [3.63, 3.8) is 0 Å². The molecule has 0 aliphatic carbocycles. The van der Waals surface area contributed by atoms with Gasteiger partial charge in [-0.3, -0.25) is 14.4 Å².